The monoisotopic (exact) mass is 280 g/mol. The highest BCUT2D eigenvalue weighted by Crippen LogP contribution is 2.36. The third kappa shape index (κ3) is 1.93. The van der Waals surface area contributed by atoms with Crippen LogP contribution in [0.4, 0.5) is 0 Å². The van der Waals surface area contributed by atoms with Gasteiger partial charge in [0.15, 0.2) is 0 Å². The van der Waals surface area contributed by atoms with Crippen LogP contribution in [0.15, 0.2) is 85.4 Å². The van der Waals surface area contributed by atoms with Gasteiger partial charge in [0.2, 0.25) is 0 Å². The lowest BCUT2D eigenvalue weighted by Gasteiger charge is -2.13. The van der Waals surface area contributed by atoms with Gasteiger partial charge in [-0.3, -0.25) is 0 Å². The summed E-state index contributed by atoms with van der Waals surface area (Å²) in [6, 6.07) is 27.9. The van der Waals surface area contributed by atoms with Gasteiger partial charge in [-0.05, 0) is 38.2 Å². The summed E-state index contributed by atoms with van der Waals surface area (Å²) >= 11 is 0. The van der Waals surface area contributed by atoms with E-state index in [2.05, 4.69) is 85.4 Å². The van der Waals surface area contributed by atoms with Crippen LogP contribution in [0.2, 0.25) is 0 Å². The summed E-state index contributed by atoms with van der Waals surface area (Å²) in [5.41, 5.74) is 3.67. The minimum Gasteiger partial charge on any atom is -0.0984 e. The maximum Gasteiger partial charge on any atom is -0.00328 e. The first-order valence-corrected chi connectivity index (χ1v) is 7.51. The second kappa shape index (κ2) is 5.16. The van der Waals surface area contributed by atoms with Gasteiger partial charge in [-0.1, -0.05) is 91.5 Å². The number of hydrogen-bond donors (Lipinski definition) is 0. The second-order valence-electron chi connectivity index (χ2n) is 5.48. The van der Waals surface area contributed by atoms with Crippen molar-refractivity contribution in [3.63, 3.8) is 0 Å². The Hall–Kier alpha value is -2.86. The summed E-state index contributed by atoms with van der Waals surface area (Å²) in [4.78, 5) is 0. The Morgan fingerprint density at radius 2 is 1.32 bits per heavy atom. The second-order valence-corrected chi connectivity index (χ2v) is 5.48. The van der Waals surface area contributed by atoms with Gasteiger partial charge in [0.05, 0.1) is 0 Å². The summed E-state index contributed by atoms with van der Waals surface area (Å²) < 4.78 is 0. The van der Waals surface area contributed by atoms with E-state index in [1.165, 1.54) is 38.2 Å². The molecule has 0 unspecified atom stereocenters. The summed E-state index contributed by atoms with van der Waals surface area (Å²) in [6.45, 7) is 3.99. The van der Waals surface area contributed by atoms with Crippen molar-refractivity contribution in [2.45, 2.75) is 0 Å². The molecule has 22 heavy (non-hydrogen) atoms. The van der Waals surface area contributed by atoms with Crippen molar-refractivity contribution in [2.75, 3.05) is 0 Å². The lowest BCUT2D eigenvalue weighted by atomic mass is 9.91. The number of benzene rings is 4. The quantitative estimate of drug-likeness (QED) is 0.378. The highest BCUT2D eigenvalue weighted by molar-refractivity contribution is 6.13. The van der Waals surface area contributed by atoms with Crippen molar-refractivity contribution in [2.24, 2.45) is 0 Å². The summed E-state index contributed by atoms with van der Waals surface area (Å²) in [5, 5.41) is 5.15. The lowest BCUT2D eigenvalue weighted by molar-refractivity contribution is 1.63. The van der Waals surface area contributed by atoms with Crippen LogP contribution in [0, 0.1) is 0 Å². The Kier molecular flexibility index (Phi) is 3.01. The third-order valence-electron chi connectivity index (χ3n) is 4.24. The van der Waals surface area contributed by atoms with Crippen LogP contribution in [0.1, 0.15) is 5.56 Å². The normalized spacial score (nSPS) is 10.9. The van der Waals surface area contributed by atoms with Gasteiger partial charge in [-0.2, -0.15) is 0 Å². The van der Waals surface area contributed by atoms with Crippen LogP contribution in [0.5, 0.6) is 0 Å². The predicted octanol–water partition coefficient (Wildman–Crippen LogP) is 6.30. The van der Waals surface area contributed by atoms with E-state index in [9.17, 15) is 0 Å². The number of rotatable bonds is 2. The SMILES string of the molecule is C=Cc1ccc2c(ccc3ccccc32)c1-c1ccccc1. The van der Waals surface area contributed by atoms with Gasteiger partial charge in [-0.15, -0.1) is 0 Å². The zero-order chi connectivity index (χ0) is 14.9. The highest BCUT2D eigenvalue weighted by atomic mass is 14.1. The molecule has 0 saturated carbocycles. The van der Waals surface area contributed by atoms with Crippen molar-refractivity contribution in [3.8, 4) is 11.1 Å². The van der Waals surface area contributed by atoms with Crippen LogP contribution in [-0.2, 0) is 0 Å². The molecule has 0 spiro atoms. The van der Waals surface area contributed by atoms with Crippen LogP contribution in [0.3, 0.4) is 0 Å². The molecular formula is C22H16. The van der Waals surface area contributed by atoms with Crippen molar-refractivity contribution >= 4 is 27.6 Å². The fourth-order valence-electron chi connectivity index (χ4n) is 3.20. The molecule has 0 atom stereocenters. The molecule has 0 N–H and O–H groups in total. The Balaban J connectivity index is 2.18. The largest absolute Gasteiger partial charge is 0.0984 e. The van der Waals surface area contributed by atoms with Gasteiger partial charge in [0, 0.05) is 0 Å². The molecule has 0 heterocycles. The molecule has 0 aromatic heterocycles. The molecule has 0 aliphatic heterocycles. The molecular weight excluding hydrogens is 264 g/mol. The van der Waals surface area contributed by atoms with E-state index in [0.29, 0.717) is 0 Å². The molecule has 0 bridgehead atoms. The molecule has 0 aliphatic carbocycles. The smallest absolute Gasteiger partial charge is 0.00328 e. The Morgan fingerprint density at radius 3 is 2.14 bits per heavy atom. The van der Waals surface area contributed by atoms with E-state index < -0.39 is 0 Å². The Morgan fingerprint density at radius 1 is 0.591 bits per heavy atom. The van der Waals surface area contributed by atoms with Gasteiger partial charge in [-0.25, -0.2) is 0 Å². The first-order valence-electron chi connectivity index (χ1n) is 7.51. The summed E-state index contributed by atoms with van der Waals surface area (Å²) in [7, 11) is 0. The average Bonchev–Trinajstić information content (AvgIpc) is 2.61. The molecule has 0 radical (unpaired) electrons. The fraction of sp³-hybridized carbons (Fsp3) is 0. The molecule has 0 heteroatoms. The molecule has 4 aromatic rings. The maximum absolute atomic E-state index is 3.99. The number of fused-ring (bicyclic) bond motifs is 3. The van der Waals surface area contributed by atoms with E-state index in [-0.39, 0.29) is 0 Å². The molecule has 0 nitrogen and oxygen atoms in total. The van der Waals surface area contributed by atoms with Crippen molar-refractivity contribution in [1.29, 1.82) is 0 Å². The lowest BCUT2D eigenvalue weighted by Crippen LogP contribution is -1.87. The van der Waals surface area contributed by atoms with E-state index in [4.69, 9.17) is 0 Å². The van der Waals surface area contributed by atoms with Crippen LogP contribution < -0.4 is 0 Å². The predicted molar refractivity (Wildman–Crippen MR) is 97.0 cm³/mol. The average molecular weight is 280 g/mol. The minimum atomic E-state index is 1.17. The van der Waals surface area contributed by atoms with E-state index >= 15 is 0 Å². The van der Waals surface area contributed by atoms with Crippen LogP contribution >= 0.6 is 0 Å². The first-order chi connectivity index (χ1) is 10.9. The zero-order valence-electron chi connectivity index (χ0n) is 12.3. The van der Waals surface area contributed by atoms with Crippen molar-refractivity contribution < 1.29 is 0 Å². The highest BCUT2D eigenvalue weighted by Gasteiger charge is 2.09. The number of hydrogen-bond acceptors (Lipinski definition) is 0. The van der Waals surface area contributed by atoms with Gasteiger partial charge >= 0.3 is 0 Å². The topological polar surface area (TPSA) is 0 Å². The van der Waals surface area contributed by atoms with E-state index in [1.807, 2.05) is 6.08 Å². The van der Waals surface area contributed by atoms with Gasteiger partial charge in [0.1, 0.15) is 0 Å². The molecule has 4 aromatic carbocycles. The van der Waals surface area contributed by atoms with Crippen LogP contribution in [-0.4, -0.2) is 0 Å². The molecule has 0 amide bonds. The zero-order valence-corrected chi connectivity index (χ0v) is 12.3. The molecule has 4 rings (SSSR count). The maximum atomic E-state index is 3.99. The first kappa shape index (κ1) is 12.8. The molecule has 104 valence electrons. The van der Waals surface area contributed by atoms with Crippen LogP contribution in [0.25, 0.3) is 38.7 Å². The van der Waals surface area contributed by atoms with Crippen molar-refractivity contribution in [1.82, 2.24) is 0 Å². The fourth-order valence-corrected chi connectivity index (χ4v) is 3.20. The molecule has 0 saturated heterocycles. The van der Waals surface area contributed by atoms with Gasteiger partial charge < -0.3 is 0 Å². The van der Waals surface area contributed by atoms with E-state index in [0.717, 1.165) is 0 Å². The third-order valence-corrected chi connectivity index (χ3v) is 4.24. The van der Waals surface area contributed by atoms with Gasteiger partial charge in [0.25, 0.3) is 0 Å². The Labute approximate surface area is 130 Å². The molecule has 0 aliphatic rings. The van der Waals surface area contributed by atoms with E-state index in [1.54, 1.807) is 0 Å². The van der Waals surface area contributed by atoms with Crippen molar-refractivity contribution in [3.05, 3.63) is 91.0 Å². The Bertz CT molecular complexity index is 979. The summed E-state index contributed by atoms with van der Waals surface area (Å²) in [5.74, 6) is 0. The molecule has 0 fully saturated rings. The minimum absolute atomic E-state index is 1.17. The summed E-state index contributed by atoms with van der Waals surface area (Å²) in [6.07, 6.45) is 1.94. The standard InChI is InChI=1S/C22H16/c1-2-16-12-14-20-19-11-7-6-8-17(19)13-15-21(20)22(16)18-9-4-3-5-10-18/h2-15H,1H2.